The van der Waals surface area contributed by atoms with Crippen LogP contribution in [0.15, 0.2) is 255 Å². The maximum Gasteiger partial charge on any atom is 0.0714 e. The average Bonchev–Trinajstić information content (AvgIpc) is 3.64. The molecule has 0 N–H and O–H groups in total. The minimum Gasteiger partial charge on any atom is -0.310 e. The number of benzene rings is 10. The lowest BCUT2D eigenvalue weighted by molar-refractivity contribution is 0.768. The smallest absolute Gasteiger partial charge is 0.0714 e. The fourth-order valence-electron chi connectivity index (χ4n) is 9.73. The van der Waals surface area contributed by atoms with Crippen LogP contribution in [0.3, 0.4) is 0 Å². The van der Waals surface area contributed by atoms with Gasteiger partial charge in [0.25, 0.3) is 0 Å². The highest BCUT2D eigenvalue weighted by atomic mass is 15.2. The summed E-state index contributed by atoms with van der Waals surface area (Å²) in [5.74, 6) is 0. The largest absolute Gasteiger partial charge is 0.310 e. The highest BCUT2D eigenvalue weighted by Gasteiger charge is 2.46. The van der Waals surface area contributed by atoms with Crippen molar-refractivity contribution in [1.82, 2.24) is 0 Å². The van der Waals surface area contributed by atoms with E-state index in [2.05, 4.69) is 265 Å². The van der Waals surface area contributed by atoms with Crippen LogP contribution in [-0.2, 0) is 5.41 Å². The van der Waals surface area contributed by atoms with Crippen LogP contribution in [0.1, 0.15) is 22.3 Å². The topological polar surface area (TPSA) is 6.48 Å². The molecule has 0 heterocycles. The van der Waals surface area contributed by atoms with Gasteiger partial charge in [-0.1, -0.05) is 194 Å². The van der Waals surface area contributed by atoms with Crippen molar-refractivity contribution in [3.8, 4) is 22.3 Å². The molecule has 0 saturated heterocycles. The van der Waals surface area contributed by atoms with E-state index in [1.165, 1.54) is 55.3 Å². The lowest BCUT2D eigenvalue weighted by Crippen LogP contribution is -2.28. The molecule has 0 atom stereocenters. The van der Waals surface area contributed by atoms with Crippen molar-refractivity contribution in [2.24, 2.45) is 0 Å². The van der Waals surface area contributed by atoms with Gasteiger partial charge >= 0.3 is 0 Å². The number of hydrogen-bond acceptors (Lipinski definition) is 2. The molecule has 10 aromatic rings. The second-order valence-corrected chi connectivity index (χ2v) is 15.7. The monoisotopic (exact) mass is 778 g/mol. The van der Waals surface area contributed by atoms with Gasteiger partial charge in [0.2, 0.25) is 0 Å². The Kier molecular flexibility index (Phi) is 9.09. The summed E-state index contributed by atoms with van der Waals surface area (Å²) in [6.07, 6.45) is 0. The summed E-state index contributed by atoms with van der Waals surface area (Å²) in [6, 6.07) is 92.8. The molecule has 0 radical (unpaired) electrons. The molecule has 0 aromatic heterocycles. The molecule has 2 heteroatoms. The van der Waals surface area contributed by atoms with Crippen LogP contribution in [0.25, 0.3) is 33.0 Å². The van der Waals surface area contributed by atoms with Crippen molar-refractivity contribution >= 4 is 44.9 Å². The molecular formula is C59H42N2. The summed E-state index contributed by atoms with van der Waals surface area (Å²) in [5.41, 5.74) is 15.9. The third-order valence-corrected chi connectivity index (χ3v) is 12.3. The molecule has 2 nitrogen and oxygen atoms in total. The van der Waals surface area contributed by atoms with Crippen LogP contribution in [0, 0.1) is 0 Å². The molecule has 288 valence electrons. The van der Waals surface area contributed by atoms with Crippen molar-refractivity contribution in [1.29, 1.82) is 0 Å². The Morgan fingerprint density at radius 1 is 0.295 bits per heavy atom. The highest BCUT2D eigenvalue weighted by Crippen LogP contribution is 2.57. The zero-order valence-electron chi connectivity index (χ0n) is 33.6. The number of rotatable bonds is 9. The predicted molar refractivity (Wildman–Crippen MR) is 256 cm³/mol. The number of fused-ring (bicyclic) bond motifs is 4. The average molecular weight is 779 g/mol. The first-order valence-electron chi connectivity index (χ1n) is 21.0. The lowest BCUT2D eigenvalue weighted by Gasteiger charge is -2.35. The Balaban J connectivity index is 1.21. The quantitative estimate of drug-likeness (QED) is 0.144. The van der Waals surface area contributed by atoms with Crippen molar-refractivity contribution in [3.05, 3.63) is 277 Å². The molecule has 0 fully saturated rings. The van der Waals surface area contributed by atoms with E-state index in [0.717, 1.165) is 34.1 Å². The standard InChI is InChI=1S/C59H42N2/c1-6-22-44(23-7-1)58-52-34-17-16-21-43(52)37-40-57(58)61(50-33-20-32-49(41-50)60(47-28-12-4-13-29-47)48-30-14-5-15-31-48)51-38-39-54-53-35-18-19-36-55(53)59(56(54)42-51,45-24-8-2-9-25-45)46-26-10-3-11-27-46/h1-42H. The van der Waals surface area contributed by atoms with Crippen LogP contribution in [0.5, 0.6) is 0 Å². The van der Waals surface area contributed by atoms with Gasteiger partial charge in [-0.3, -0.25) is 0 Å². The summed E-state index contributed by atoms with van der Waals surface area (Å²) in [5, 5.41) is 2.41. The van der Waals surface area contributed by atoms with Gasteiger partial charge in [0, 0.05) is 34.0 Å². The van der Waals surface area contributed by atoms with Gasteiger partial charge in [-0.15, -0.1) is 0 Å². The van der Waals surface area contributed by atoms with E-state index in [0.29, 0.717) is 0 Å². The Morgan fingerprint density at radius 2 is 0.787 bits per heavy atom. The first kappa shape index (κ1) is 36.2. The van der Waals surface area contributed by atoms with Crippen molar-refractivity contribution in [2.75, 3.05) is 9.80 Å². The van der Waals surface area contributed by atoms with Gasteiger partial charge in [-0.05, 0) is 110 Å². The fourth-order valence-corrected chi connectivity index (χ4v) is 9.73. The fraction of sp³-hybridized carbons (Fsp3) is 0.0169. The number of para-hydroxylation sites is 2. The second-order valence-electron chi connectivity index (χ2n) is 15.7. The van der Waals surface area contributed by atoms with E-state index in [9.17, 15) is 0 Å². The molecule has 0 saturated carbocycles. The van der Waals surface area contributed by atoms with Crippen LogP contribution >= 0.6 is 0 Å². The Hall–Kier alpha value is -7.94. The maximum absolute atomic E-state index is 2.48. The number of hydrogen-bond donors (Lipinski definition) is 0. The van der Waals surface area contributed by atoms with Gasteiger partial charge in [-0.25, -0.2) is 0 Å². The molecule has 0 amide bonds. The second kappa shape index (κ2) is 15.3. The van der Waals surface area contributed by atoms with E-state index >= 15 is 0 Å². The van der Waals surface area contributed by atoms with Crippen molar-refractivity contribution < 1.29 is 0 Å². The van der Waals surface area contributed by atoms with Gasteiger partial charge < -0.3 is 9.80 Å². The Labute approximate surface area is 357 Å². The van der Waals surface area contributed by atoms with Gasteiger partial charge in [-0.2, -0.15) is 0 Å². The minimum atomic E-state index is -0.541. The number of nitrogens with zero attached hydrogens (tertiary/aromatic N) is 2. The van der Waals surface area contributed by atoms with Crippen LogP contribution in [0.4, 0.5) is 34.1 Å². The highest BCUT2D eigenvalue weighted by molar-refractivity contribution is 6.06. The number of anilines is 6. The third-order valence-electron chi connectivity index (χ3n) is 12.3. The Morgan fingerprint density at radius 3 is 1.44 bits per heavy atom. The first-order valence-corrected chi connectivity index (χ1v) is 21.0. The maximum atomic E-state index is 2.48. The predicted octanol–water partition coefficient (Wildman–Crippen LogP) is 15.8. The SMILES string of the molecule is c1ccc(-c2c(N(c3cccc(N(c4ccccc4)c4ccccc4)c3)c3ccc4c(c3)C(c3ccccc3)(c3ccccc3)c3ccccc3-4)ccc3ccccc23)cc1. The van der Waals surface area contributed by atoms with Gasteiger partial charge in [0.05, 0.1) is 11.1 Å². The van der Waals surface area contributed by atoms with Gasteiger partial charge in [0.15, 0.2) is 0 Å². The molecule has 1 aliphatic carbocycles. The normalized spacial score (nSPS) is 12.4. The molecule has 11 rings (SSSR count). The molecule has 61 heavy (non-hydrogen) atoms. The van der Waals surface area contributed by atoms with E-state index < -0.39 is 5.41 Å². The summed E-state index contributed by atoms with van der Waals surface area (Å²) in [6.45, 7) is 0. The molecule has 1 aliphatic rings. The van der Waals surface area contributed by atoms with E-state index in [1.54, 1.807) is 0 Å². The lowest BCUT2D eigenvalue weighted by atomic mass is 9.67. The van der Waals surface area contributed by atoms with E-state index in [1.807, 2.05) is 0 Å². The third kappa shape index (κ3) is 6.12. The zero-order valence-corrected chi connectivity index (χ0v) is 33.6. The van der Waals surface area contributed by atoms with Crippen molar-refractivity contribution in [3.63, 3.8) is 0 Å². The Bertz CT molecular complexity index is 3050. The first-order chi connectivity index (χ1) is 30.3. The zero-order chi connectivity index (χ0) is 40.6. The summed E-state index contributed by atoms with van der Waals surface area (Å²) < 4.78 is 0. The molecule has 0 unspecified atom stereocenters. The van der Waals surface area contributed by atoms with Gasteiger partial charge in [0.1, 0.15) is 0 Å². The summed E-state index contributed by atoms with van der Waals surface area (Å²) in [7, 11) is 0. The van der Waals surface area contributed by atoms with Crippen molar-refractivity contribution in [2.45, 2.75) is 5.41 Å². The minimum absolute atomic E-state index is 0.541. The summed E-state index contributed by atoms with van der Waals surface area (Å²) >= 11 is 0. The molecular weight excluding hydrogens is 737 g/mol. The molecule has 0 spiro atoms. The van der Waals surface area contributed by atoms with Crippen LogP contribution in [-0.4, -0.2) is 0 Å². The molecule has 0 aliphatic heterocycles. The molecule has 0 bridgehead atoms. The van der Waals surface area contributed by atoms with Crippen LogP contribution in [0.2, 0.25) is 0 Å². The van der Waals surface area contributed by atoms with E-state index in [-0.39, 0.29) is 0 Å². The molecule has 10 aromatic carbocycles. The summed E-state index contributed by atoms with van der Waals surface area (Å²) in [4.78, 5) is 4.83. The van der Waals surface area contributed by atoms with E-state index in [4.69, 9.17) is 0 Å². The van der Waals surface area contributed by atoms with Crippen LogP contribution < -0.4 is 9.80 Å².